The number of aliphatic carboxylic acids is 1. The summed E-state index contributed by atoms with van der Waals surface area (Å²) >= 11 is 0. The maximum Gasteiger partial charge on any atom is 0.308 e. The largest absolute Gasteiger partial charge is 0.497 e. The Bertz CT molecular complexity index is 497. The van der Waals surface area contributed by atoms with Crippen molar-refractivity contribution in [1.82, 2.24) is 4.90 Å². The van der Waals surface area contributed by atoms with Gasteiger partial charge in [-0.3, -0.25) is 9.59 Å². The second kappa shape index (κ2) is 5.94. The number of ether oxygens (including phenoxy) is 1. The van der Waals surface area contributed by atoms with Crippen LogP contribution in [0.2, 0.25) is 0 Å². The highest BCUT2D eigenvalue weighted by molar-refractivity contribution is 5.81. The molecule has 1 saturated heterocycles. The van der Waals surface area contributed by atoms with Crippen LogP contribution in [0.5, 0.6) is 5.75 Å². The minimum atomic E-state index is -0.822. The van der Waals surface area contributed by atoms with Gasteiger partial charge in [0.15, 0.2) is 0 Å². The molecule has 1 aliphatic heterocycles. The zero-order valence-corrected chi connectivity index (χ0v) is 11.7. The van der Waals surface area contributed by atoms with Gasteiger partial charge in [0.2, 0.25) is 5.91 Å². The van der Waals surface area contributed by atoms with Gasteiger partial charge in [-0.1, -0.05) is 12.1 Å². The van der Waals surface area contributed by atoms with E-state index in [0.29, 0.717) is 19.4 Å². The highest BCUT2D eigenvalue weighted by Gasteiger charge is 2.37. The fourth-order valence-corrected chi connectivity index (χ4v) is 2.64. The van der Waals surface area contributed by atoms with Gasteiger partial charge in [0.25, 0.3) is 0 Å². The number of carbonyl (C=O) groups excluding carboxylic acids is 1. The molecule has 0 bridgehead atoms. The van der Waals surface area contributed by atoms with Crippen molar-refractivity contribution in [2.75, 3.05) is 13.7 Å². The van der Waals surface area contributed by atoms with Crippen LogP contribution in [0.15, 0.2) is 24.3 Å². The molecule has 1 aromatic rings. The van der Waals surface area contributed by atoms with E-state index in [0.717, 1.165) is 11.3 Å². The second-order valence-corrected chi connectivity index (χ2v) is 5.09. The lowest BCUT2D eigenvalue weighted by Crippen LogP contribution is -2.38. The van der Waals surface area contributed by atoms with Crippen LogP contribution in [0.3, 0.4) is 0 Å². The number of benzene rings is 1. The van der Waals surface area contributed by atoms with Crippen LogP contribution in [0.1, 0.15) is 18.9 Å². The lowest BCUT2D eigenvalue weighted by Gasteiger charge is -2.23. The van der Waals surface area contributed by atoms with Gasteiger partial charge in [-0.2, -0.15) is 0 Å². The lowest BCUT2D eigenvalue weighted by atomic mass is 10.0. The van der Waals surface area contributed by atoms with Gasteiger partial charge < -0.3 is 14.7 Å². The molecule has 5 nitrogen and oxygen atoms in total. The number of hydrogen-bond acceptors (Lipinski definition) is 3. The zero-order valence-electron chi connectivity index (χ0n) is 11.7. The molecule has 5 heteroatoms. The molecule has 0 aliphatic carbocycles. The van der Waals surface area contributed by atoms with Gasteiger partial charge in [0, 0.05) is 12.6 Å². The first-order chi connectivity index (χ1) is 9.52. The molecule has 1 aromatic carbocycles. The van der Waals surface area contributed by atoms with E-state index in [4.69, 9.17) is 9.84 Å². The topological polar surface area (TPSA) is 66.8 Å². The summed E-state index contributed by atoms with van der Waals surface area (Å²) in [5.41, 5.74) is 0.904. The minimum Gasteiger partial charge on any atom is -0.497 e. The van der Waals surface area contributed by atoms with Crippen molar-refractivity contribution in [2.45, 2.75) is 25.8 Å². The fourth-order valence-electron chi connectivity index (χ4n) is 2.64. The van der Waals surface area contributed by atoms with Crippen molar-refractivity contribution in [3.8, 4) is 5.75 Å². The maximum absolute atomic E-state index is 12.2. The Morgan fingerprint density at radius 1 is 1.35 bits per heavy atom. The predicted molar refractivity (Wildman–Crippen MR) is 73.6 cm³/mol. The Balaban J connectivity index is 1.99. The summed E-state index contributed by atoms with van der Waals surface area (Å²) in [7, 11) is 1.60. The van der Waals surface area contributed by atoms with Crippen molar-refractivity contribution < 1.29 is 19.4 Å². The fraction of sp³-hybridized carbons (Fsp3) is 0.467. The Morgan fingerprint density at radius 2 is 2.00 bits per heavy atom. The first kappa shape index (κ1) is 14.4. The Morgan fingerprint density at radius 3 is 2.50 bits per heavy atom. The summed E-state index contributed by atoms with van der Waals surface area (Å²) in [5.74, 6) is -0.542. The highest BCUT2D eigenvalue weighted by atomic mass is 16.5. The molecular weight excluding hydrogens is 258 g/mol. The quantitative estimate of drug-likeness (QED) is 0.907. The van der Waals surface area contributed by atoms with E-state index in [-0.39, 0.29) is 11.9 Å². The first-order valence-electron chi connectivity index (χ1n) is 6.68. The predicted octanol–water partition coefficient (Wildman–Crippen LogP) is 1.56. The van der Waals surface area contributed by atoms with Gasteiger partial charge in [-0.25, -0.2) is 0 Å². The molecule has 2 unspecified atom stereocenters. The Labute approximate surface area is 118 Å². The zero-order chi connectivity index (χ0) is 14.7. The van der Waals surface area contributed by atoms with Gasteiger partial charge in [-0.05, 0) is 31.0 Å². The number of likely N-dealkylation sites (tertiary alicyclic amines) is 1. The van der Waals surface area contributed by atoms with Crippen molar-refractivity contribution in [3.05, 3.63) is 29.8 Å². The normalized spacial score (nSPS) is 21.8. The number of carboxylic acid groups (broad SMARTS) is 1. The van der Waals surface area contributed by atoms with Crippen molar-refractivity contribution in [3.63, 3.8) is 0 Å². The third kappa shape index (κ3) is 2.92. The van der Waals surface area contributed by atoms with Gasteiger partial charge in [-0.15, -0.1) is 0 Å². The first-order valence-corrected chi connectivity index (χ1v) is 6.68. The van der Waals surface area contributed by atoms with Crippen LogP contribution < -0.4 is 4.74 Å². The molecule has 0 aromatic heterocycles. The summed E-state index contributed by atoms with van der Waals surface area (Å²) in [6, 6.07) is 7.10. The maximum atomic E-state index is 12.2. The van der Waals surface area contributed by atoms with E-state index in [1.165, 1.54) is 0 Å². The molecule has 1 fully saturated rings. The lowest BCUT2D eigenvalue weighted by molar-refractivity contribution is -0.143. The van der Waals surface area contributed by atoms with Crippen LogP contribution in [-0.4, -0.2) is 41.6 Å². The number of nitrogens with zero attached hydrogens (tertiary/aromatic N) is 1. The van der Waals surface area contributed by atoms with E-state index in [2.05, 4.69) is 0 Å². The molecule has 1 N–H and O–H groups in total. The van der Waals surface area contributed by atoms with E-state index >= 15 is 0 Å². The molecular formula is C15H19NO4. The number of carboxylic acids is 1. The van der Waals surface area contributed by atoms with E-state index in [1.807, 2.05) is 24.3 Å². The SMILES string of the molecule is COc1ccc(CC(=O)N2CCC(C(=O)O)C2C)cc1. The van der Waals surface area contributed by atoms with Crippen LogP contribution in [0.25, 0.3) is 0 Å². The number of amides is 1. The van der Waals surface area contributed by atoms with Crippen molar-refractivity contribution >= 4 is 11.9 Å². The third-order valence-electron chi connectivity index (χ3n) is 3.91. The Hall–Kier alpha value is -2.04. The average Bonchev–Trinajstić information content (AvgIpc) is 2.81. The van der Waals surface area contributed by atoms with E-state index < -0.39 is 11.9 Å². The molecule has 0 saturated carbocycles. The van der Waals surface area contributed by atoms with Crippen LogP contribution >= 0.6 is 0 Å². The number of carbonyl (C=O) groups is 2. The van der Waals surface area contributed by atoms with Crippen LogP contribution in [0.4, 0.5) is 0 Å². The summed E-state index contributed by atoms with van der Waals surface area (Å²) < 4.78 is 5.07. The minimum absolute atomic E-state index is 0.0218. The number of methoxy groups -OCH3 is 1. The molecule has 1 amide bonds. The average molecular weight is 277 g/mol. The molecule has 108 valence electrons. The molecule has 20 heavy (non-hydrogen) atoms. The van der Waals surface area contributed by atoms with Crippen LogP contribution in [-0.2, 0) is 16.0 Å². The van der Waals surface area contributed by atoms with Gasteiger partial charge in [0.05, 0.1) is 19.4 Å². The van der Waals surface area contributed by atoms with E-state index in [1.54, 1.807) is 18.9 Å². The molecule has 1 heterocycles. The smallest absolute Gasteiger partial charge is 0.308 e. The monoisotopic (exact) mass is 277 g/mol. The number of hydrogen-bond donors (Lipinski definition) is 1. The van der Waals surface area contributed by atoms with Crippen molar-refractivity contribution in [1.29, 1.82) is 0 Å². The summed E-state index contributed by atoms with van der Waals surface area (Å²) in [5, 5.41) is 9.08. The summed E-state index contributed by atoms with van der Waals surface area (Å²) in [4.78, 5) is 25.0. The molecule has 0 radical (unpaired) electrons. The Kier molecular flexibility index (Phi) is 4.27. The standard InChI is InChI=1S/C15H19NO4/c1-10-13(15(18)19)7-8-16(10)14(17)9-11-3-5-12(20-2)6-4-11/h3-6,10,13H,7-9H2,1-2H3,(H,18,19). The van der Waals surface area contributed by atoms with Crippen LogP contribution in [0, 0.1) is 5.92 Å². The summed E-state index contributed by atoms with van der Waals surface area (Å²) in [6.45, 7) is 2.32. The molecule has 2 atom stereocenters. The molecule has 0 spiro atoms. The number of rotatable bonds is 4. The van der Waals surface area contributed by atoms with Gasteiger partial charge >= 0.3 is 5.97 Å². The molecule has 1 aliphatic rings. The second-order valence-electron chi connectivity index (χ2n) is 5.09. The van der Waals surface area contributed by atoms with Gasteiger partial charge in [0.1, 0.15) is 5.75 Å². The third-order valence-corrected chi connectivity index (χ3v) is 3.91. The van der Waals surface area contributed by atoms with E-state index in [9.17, 15) is 9.59 Å². The van der Waals surface area contributed by atoms with Crippen molar-refractivity contribution in [2.24, 2.45) is 5.92 Å². The summed E-state index contributed by atoms with van der Waals surface area (Å²) in [6.07, 6.45) is 0.825. The molecule has 2 rings (SSSR count). The highest BCUT2D eigenvalue weighted by Crippen LogP contribution is 2.25.